The van der Waals surface area contributed by atoms with Crippen LogP contribution in [0.15, 0.2) is 46.0 Å². The Hall–Kier alpha value is -2.30. The van der Waals surface area contributed by atoms with Crippen LogP contribution in [0.1, 0.15) is 19.5 Å². The van der Waals surface area contributed by atoms with Gasteiger partial charge in [-0.3, -0.25) is 0 Å². The molecule has 2 N–H and O–H groups in total. The van der Waals surface area contributed by atoms with Crippen molar-refractivity contribution in [3.8, 4) is 11.5 Å². The van der Waals surface area contributed by atoms with E-state index in [9.17, 15) is 0 Å². The van der Waals surface area contributed by atoms with Crippen molar-refractivity contribution in [3.05, 3.63) is 42.3 Å². The fourth-order valence-electron chi connectivity index (χ4n) is 1.90. The summed E-state index contributed by atoms with van der Waals surface area (Å²) in [7, 11) is 0. The molecule has 0 unspecified atom stereocenters. The van der Waals surface area contributed by atoms with Gasteiger partial charge in [0.2, 0.25) is 5.89 Å². The van der Waals surface area contributed by atoms with Crippen molar-refractivity contribution >= 4 is 5.96 Å². The molecule has 1 aromatic carbocycles. The van der Waals surface area contributed by atoms with Gasteiger partial charge in [-0.05, 0) is 26.0 Å². The van der Waals surface area contributed by atoms with Crippen LogP contribution in [0, 0.1) is 0 Å². The molecule has 0 bridgehead atoms. The first-order valence-electron chi connectivity index (χ1n) is 6.79. The van der Waals surface area contributed by atoms with Crippen LogP contribution in [-0.4, -0.2) is 28.9 Å². The van der Waals surface area contributed by atoms with Crippen LogP contribution < -0.4 is 5.73 Å². The van der Waals surface area contributed by atoms with Gasteiger partial charge in [-0.25, -0.2) is 9.98 Å². The second kappa shape index (κ2) is 6.75. The van der Waals surface area contributed by atoms with Crippen LogP contribution >= 0.6 is 0 Å². The third-order valence-electron chi connectivity index (χ3n) is 3.06. The van der Waals surface area contributed by atoms with Crippen molar-refractivity contribution in [1.82, 2.24) is 9.88 Å². The number of rotatable bonds is 5. The average molecular weight is 272 g/mol. The summed E-state index contributed by atoms with van der Waals surface area (Å²) in [6, 6.07) is 9.79. The zero-order valence-corrected chi connectivity index (χ0v) is 11.9. The van der Waals surface area contributed by atoms with E-state index in [0.717, 1.165) is 24.3 Å². The molecule has 0 saturated heterocycles. The summed E-state index contributed by atoms with van der Waals surface area (Å²) in [6.07, 6.45) is 1.63. The van der Waals surface area contributed by atoms with Gasteiger partial charge in [-0.1, -0.05) is 18.2 Å². The van der Waals surface area contributed by atoms with E-state index in [1.165, 1.54) is 0 Å². The quantitative estimate of drug-likeness (QED) is 0.670. The van der Waals surface area contributed by atoms with Crippen molar-refractivity contribution in [3.63, 3.8) is 0 Å². The Bertz CT molecular complexity index is 558. The van der Waals surface area contributed by atoms with E-state index < -0.39 is 0 Å². The van der Waals surface area contributed by atoms with Gasteiger partial charge in [-0.15, -0.1) is 0 Å². The minimum Gasteiger partial charge on any atom is -0.444 e. The average Bonchev–Trinajstić information content (AvgIpc) is 2.96. The molecule has 106 valence electrons. The van der Waals surface area contributed by atoms with Crippen LogP contribution in [0.5, 0.6) is 0 Å². The highest BCUT2D eigenvalue weighted by molar-refractivity contribution is 5.77. The van der Waals surface area contributed by atoms with E-state index in [1.54, 1.807) is 6.26 Å². The maximum Gasteiger partial charge on any atom is 0.226 e. The third kappa shape index (κ3) is 3.38. The van der Waals surface area contributed by atoms with Crippen LogP contribution in [0.3, 0.4) is 0 Å². The second-order valence-electron chi connectivity index (χ2n) is 4.36. The van der Waals surface area contributed by atoms with Crippen molar-refractivity contribution in [2.75, 3.05) is 13.1 Å². The van der Waals surface area contributed by atoms with Crippen LogP contribution in [0.2, 0.25) is 0 Å². The number of hydrogen-bond acceptors (Lipinski definition) is 3. The molecule has 1 aromatic heterocycles. The highest BCUT2D eigenvalue weighted by atomic mass is 16.3. The normalized spacial score (nSPS) is 11.6. The molecule has 0 fully saturated rings. The molecule has 0 radical (unpaired) electrons. The van der Waals surface area contributed by atoms with Gasteiger partial charge >= 0.3 is 0 Å². The first-order chi connectivity index (χ1) is 9.74. The van der Waals surface area contributed by atoms with E-state index in [0.29, 0.717) is 18.4 Å². The van der Waals surface area contributed by atoms with E-state index in [2.05, 4.69) is 23.8 Å². The molecule has 0 atom stereocenters. The zero-order valence-electron chi connectivity index (χ0n) is 11.9. The summed E-state index contributed by atoms with van der Waals surface area (Å²) in [5, 5.41) is 0. The zero-order chi connectivity index (χ0) is 14.4. The van der Waals surface area contributed by atoms with Crippen LogP contribution in [0.25, 0.3) is 11.5 Å². The van der Waals surface area contributed by atoms with Gasteiger partial charge in [0, 0.05) is 18.7 Å². The van der Waals surface area contributed by atoms with Crippen LogP contribution in [-0.2, 0) is 6.54 Å². The molecule has 0 spiro atoms. The number of guanidine groups is 1. The lowest BCUT2D eigenvalue weighted by Crippen LogP contribution is -2.37. The van der Waals surface area contributed by atoms with Crippen LogP contribution in [0.4, 0.5) is 0 Å². The number of nitrogens with zero attached hydrogens (tertiary/aromatic N) is 3. The molecule has 0 aliphatic rings. The van der Waals surface area contributed by atoms with Gasteiger partial charge in [0.25, 0.3) is 0 Å². The monoisotopic (exact) mass is 272 g/mol. The molecule has 2 rings (SSSR count). The molecule has 2 aromatic rings. The van der Waals surface area contributed by atoms with Gasteiger partial charge in [0.15, 0.2) is 5.96 Å². The lowest BCUT2D eigenvalue weighted by Gasteiger charge is -2.18. The molecular weight excluding hydrogens is 252 g/mol. The number of nitrogens with two attached hydrogens (primary N) is 1. The summed E-state index contributed by atoms with van der Waals surface area (Å²) in [5.41, 5.74) is 7.66. The molecule has 0 aliphatic heterocycles. The predicted molar refractivity (Wildman–Crippen MR) is 80.2 cm³/mol. The van der Waals surface area contributed by atoms with E-state index in [-0.39, 0.29) is 0 Å². The Kier molecular flexibility index (Phi) is 4.76. The van der Waals surface area contributed by atoms with E-state index in [1.807, 2.05) is 35.2 Å². The fraction of sp³-hybridized carbons (Fsp3) is 0.333. The molecular formula is C15H20N4O. The predicted octanol–water partition coefficient (Wildman–Crippen LogP) is 2.50. The largest absolute Gasteiger partial charge is 0.444 e. The van der Waals surface area contributed by atoms with E-state index in [4.69, 9.17) is 10.2 Å². The smallest absolute Gasteiger partial charge is 0.226 e. The van der Waals surface area contributed by atoms with E-state index >= 15 is 0 Å². The number of aliphatic imine (C=N–C) groups is 1. The van der Waals surface area contributed by atoms with Gasteiger partial charge in [0.1, 0.15) is 12.0 Å². The number of benzene rings is 1. The van der Waals surface area contributed by atoms with Crippen molar-refractivity contribution in [1.29, 1.82) is 0 Å². The summed E-state index contributed by atoms with van der Waals surface area (Å²) >= 11 is 0. The first-order valence-corrected chi connectivity index (χ1v) is 6.79. The Morgan fingerprint density at radius 3 is 2.60 bits per heavy atom. The summed E-state index contributed by atoms with van der Waals surface area (Å²) < 4.78 is 5.46. The van der Waals surface area contributed by atoms with Crippen molar-refractivity contribution in [2.45, 2.75) is 20.4 Å². The Labute approximate surface area is 119 Å². The summed E-state index contributed by atoms with van der Waals surface area (Å²) in [4.78, 5) is 10.8. The molecule has 1 heterocycles. The third-order valence-corrected chi connectivity index (χ3v) is 3.06. The Morgan fingerprint density at radius 2 is 1.95 bits per heavy atom. The standard InChI is InChI=1S/C15H20N4O/c1-3-19(4-2)15(16)17-10-13-11-20-14(18-13)12-8-6-5-7-9-12/h5-9,11H,3-4,10H2,1-2H3,(H2,16,17). The maximum atomic E-state index is 5.92. The fourth-order valence-corrected chi connectivity index (χ4v) is 1.90. The summed E-state index contributed by atoms with van der Waals surface area (Å²) in [5.74, 6) is 1.15. The second-order valence-corrected chi connectivity index (χ2v) is 4.36. The van der Waals surface area contributed by atoms with Crippen molar-refractivity contribution in [2.24, 2.45) is 10.7 Å². The molecule has 0 amide bonds. The van der Waals surface area contributed by atoms with Gasteiger partial charge in [-0.2, -0.15) is 0 Å². The maximum absolute atomic E-state index is 5.92. The van der Waals surface area contributed by atoms with Gasteiger partial charge in [0.05, 0.1) is 6.54 Å². The molecule has 0 aliphatic carbocycles. The Balaban J connectivity index is 2.05. The number of hydrogen-bond donors (Lipinski definition) is 1. The molecule has 20 heavy (non-hydrogen) atoms. The minimum absolute atomic E-state index is 0.429. The molecule has 0 saturated carbocycles. The SMILES string of the molecule is CCN(CC)C(N)=NCc1coc(-c2ccccc2)n1. The highest BCUT2D eigenvalue weighted by Crippen LogP contribution is 2.18. The first kappa shape index (κ1) is 14.1. The summed E-state index contributed by atoms with van der Waals surface area (Å²) in [6.45, 7) is 6.23. The topological polar surface area (TPSA) is 67.7 Å². The lowest BCUT2D eigenvalue weighted by atomic mass is 10.2. The van der Waals surface area contributed by atoms with Gasteiger partial charge < -0.3 is 15.1 Å². The number of oxazole rings is 1. The minimum atomic E-state index is 0.429. The highest BCUT2D eigenvalue weighted by Gasteiger charge is 2.07. The Morgan fingerprint density at radius 1 is 1.25 bits per heavy atom. The number of aromatic nitrogens is 1. The lowest BCUT2D eigenvalue weighted by molar-refractivity contribution is 0.458. The molecule has 5 heteroatoms. The van der Waals surface area contributed by atoms with Crippen molar-refractivity contribution < 1.29 is 4.42 Å². The molecule has 5 nitrogen and oxygen atoms in total.